The van der Waals surface area contributed by atoms with Crippen molar-refractivity contribution in [3.05, 3.63) is 71.8 Å². The number of nitrogens with one attached hydrogen (secondary N) is 2. The first-order valence-electron chi connectivity index (χ1n) is 9.40. The lowest BCUT2D eigenvalue weighted by atomic mass is 9.88. The molecule has 1 aliphatic heterocycles. The predicted molar refractivity (Wildman–Crippen MR) is 103 cm³/mol. The van der Waals surface area contributed by atoms with Crippen molar-refractivity contribution in [2.24, 2.45) is 5.92 Å². The molecule has 0 bridgehead atoms. The van der Waals surface area contributed by atoms with Gasteiger partial charge < -0.3 is 10.6 Å². The maximum absolute atomic E-state index is 12.5. The van der Waals surface area contributed by atoms with E-state index in [1.165, 1.54) is 24.0 Å². The normalized spacial score (nSPS) is 17.4. The van der Waals surface area contributed by atoms with Crippen LogP contribution in [0.3, 0.4) is 0 Å². The van der Waals surface area contributed by atoms with Gasteiger partial charge in [0, 0.05) is 18.9 Å². The maximum atomic E-state index is 12.5. The van der Waals surface area contributed by atoms with E-state index in [9.17, 15) is 4.79 Å². The van der Waals surface area contributed by atoms with Gasteiger partial charge in [0.05, 0.1) is 0 Å². The van der Waals surface area contributed by atoms with Gasteiger partial charge in [-0.25, -0.2) is 0 Å². The summed E-state index contributed by atoms with van der Waals surface area (Å²) < 4.78 is 0. The van der Waals surface area contributed by atoms with Crippen molar-refractivity contribution in [3.63, 3.8) is 0 Å². The molecule has 2 aromatic rings. The summed E-state index contributed by atoms with van der Waals surface area (Å²) in [7, 11) is 0. The van der Waals surface area contributed by atoms with Crippen molar-refractivity contribution in [2.75, 3.05) is 19.6 Å². The maximum Gasteiger partial charge on any atom is 0.220 e. The predicted octanol–water partition coefficient (Wildman–Crippen LogP) is 3.71. The number of piperidine rings is 1. The lowest BCUT2D eigenvalue weighted by molar-refractivity contribution is -0.121. The first-order valence-corrected chi connectivity index (χ1v) is 9.40. The lowest BCUT2D eigenvalue weighted by Crippen LogP contribution is -2.33. The van der Waals surface area contributed by atoms with E-state index >= 15 is 0 Å². The zero-order valence-corrected chi connectivity index (χ0v) is 14.8. The van der Waals surface area contributed by atoms with E-state index < -0.39 is 0 Å². The highest BCUT2D eigenvalue weighted by Crippen LogP contribution is 2.27. The molecule has 2 aromatic carbocycles. The average molecular weight is 336 g/mol. The summed E-state index contributed by atoms with van der Waals surface area (Å²) in [4.78, 5) is 12.5. The van der Waals surface area contributed by atoms with E-state index in [0.29, 0.717) is 12.3 Å². The van der Waals surface area contributed by atoms with Gasteiger partial charge in [0.1, 0.15) is 0 Å². The van der Waals surface area contributed by atoms with E-state index in [1.807, 2.05) is 36.4 Å². The summed E-state index contributed by atoms with van der Waals surface area (Å²) in [6, 6.07) is 20.6. The minimum atomic E-state index is 0.110. The second-order valence-corrected chi connectivity index (χ2v) is 6.93. The van der Waals surface area contributed by atoms with Crippen LogP contribution in [0.25, 0.3) is 0 Å². The van der Waals surface area contributed by atoms with Crippen LogP contribution in [-0.4, -0.2) is 25.5 Å². The van der Waals surface area contributed by atoms with Crippen LogP contribution in [0.1, 0.15) is 42.7 Å². The van der Waals surface area contributed by atoms with Crippen LogP contribution in [0, 0.1) is 5.92 Å². The number of hydrogen-bond donors (Lipinski definition) is 2. The van der Waals surface area contributed by atoms with Gasteiger partial charge in [-0.2, -0.15) is 0 Å². The largest absolute Gasteiger partial charge is 0.356 e. The molecule has 2 N–H and O–H groups in total. The summed E-state index contributed by atoms with van der Waals surface area (Å²) in [5, 5.41) is 6.57. The lowest BCUT2D eigenvalue weighted by Gasteiger charge is -2.23. The Kier molecular flexibility index (Phi) is 6.63. The molecule has 25 heavy (non-hydrogen) atoms. The molecule has 0 spiro atoms. The Balaban J connectivity index is 1.57. The molecule has 1 heterocycles. The molecule has 132 valence electrons. The van der Waals surface area contributed by atoms with Gasteiger partial charge in [0.25, 0.3) is 0 Å². The van der Waals surface area contributed by atoms with Gasteiger partial charge in [0.15, 0.2) is 0 Å². The SMILES string of the molecule is O=C(CC(c1ccccc1)c1ccccc1)NCCC1CCCNC1. The Morgan fingerprint density at radius 2 is 1.68 bits per heavy atom. The van der Waals surface area contributed by atoms with E-state index in [1.54, 1.807) is 0 Å². The second kappa shape index (κ2) is 9.38. The van der Waals surface area contributed by atoms with Crippen molar-refractivity contribution in [1.82, 2.24) is 10.6 Å². The third-order valence-corrected chi connectivity index (χ3v) is 5.07. The molecule has 0 aromatic heterocycles. The Bertz CT molecular complexity index is 596. The summed E-state index contributed by atoms with van der Waals surface area (Å²) in [6.45, 7) is 3.01. The third kappa shape index (κ3) is 5.43. The van der Waals surface area contributed by atoms with Gasteiger partial charge in [-0.15, -0.1) is 0 Å². The highest BCUT2D eigenvalue weighted by molar-refractivity contribution is 5.77. The standard InChI is InChI=1S/C22H28N2O/c25-22(24-15-13-18-8-7-14-23-17-18)16-21(19-9-3-1-4-10-19)20-11-5-2-6-12-20/h1-6,9-12,18,21,23H,7-8,13-17H2,(H,24,25). The highest BCUT2D eigenvalue weighted by Gasteiger charge is 2.18. The molecule has 0 radical (unpaired) electrons. The number of rotatable bonds is 7. The molecule has 1 atom stereocenters. The van der Waals surface area contributed by atoms with E-state index in [0.717, 1.165) is 26.1 Å². The van der Waals surface area contributed by atoms with Crippen LogP contribution in [0.15, 0.2) is 60.7 Å². The van der Waals surface area contributed by atoms with Crippen molar-refractivity contribution < 1.29 is 4.79 Å². The highest BCUT2D eigenvalue weighted by atomic mass is 16.1. The van der Waals surface area contributed by atoms with Crippen LogP contribution < -0.4 is 10.6 Å². The fraction of sp³-hybridized carbons (Fsp3) is 0.409. The second-order valence-electron chi connectivity index (χ2n) is 6.93. The summed E-state index contributed by atoms with van der Waals surface area (Å²) in [5.41, 5.74) is 2.39. The van der Waals surface area contributed by atoms with Gasteiger partial charge >= 0.3 is 0 Å². The third-order valence-electron chi connectivity index (χ3n) is 5.07. The molecular formula is C22H28N2O. The van der Waals surface area contributed by atoms with Crippen LogP contribution in [0.4, 0.5) is 0 Å². The van der Waals surface area contributed by atoms with Gasteiger partial charge in [-0.1, -0.05) is 60.7 Å². The van der Waals surface area contributed by atoms with E-state index in [2.05, 4.69) is 34.9 Å². The molecule has 1 aliphatic rings. The number of amides is 1. The Morgan fingerprint density at radius 3 is 2.24 bits per heavy atom. The number of carbonyl (C=O) groups is 1. The zero-order chi connectivity index (χ0) is 17.3. The van der Waals surface area contributed by atoms with Crippen molar-refractivity contribution in [1.29, 1.82) is 0 Å². The van der Waals surface area contributed by atoms with E-state index in [4.69, 9.17) is 0 Å². The van der Waals surface area contributed by atoms with Gasteiger partial charge in [-0.05, 0) is 49.4 Å². The molecule has 1 unspecified atom stereocenters. The van der Waals surface area contributed by atoms with Crippen LogP contribution in [0.5, 0.6) is 0 Å². The van der Waals surface area contributed by atoms with Crippen LogP contribution in [-0.2, 0) is 4.79 Å². The van der Waals surface area contributed by atoms with Crippen LogP contribution >= 0.6 is 0 Å². The number of carbonyl (C=O) groups excluding carboxylic acids is 1. The average Bonchev–Trinajstić information content (AvgIpc) is 2.68. The molecule has 3 heteroatoms. The molecule has 1 amide bonds. The summed E-state index contributed by atoms with van der Waals surface area (Å²) in [6.07, 6.45) is 4.10. The topological polar surface area (TPSA) is 41.1 Å². The van der Waals surface area contributed by atoms with Crippen molar-refractivity contribution in [2.45, 2.75) is 31.6 Å². The summed E-state index contributed by atoms with van der Waals surface area (Å²) >= 11 is 0. The first kappa shape index (κ1) is 17.7. The molecule has 0 aliphatic carbocycles. The van der Waals surface area contributed by atoms with Gasteiger partial charge in [-0.3, -0.25) is 4.79 Å². The smallest absolute Gasteiger partial charge is 0.220 e. The Labute approximate surface area is 150 Å². The Morgan fingerprint density at radius 1 is 1.04 bits per heavy atom. The van der Waals surface area contributed by atoms with Crippen LogP contribution in [0.2, 0.25) is 0 Å². The minimum absolute atomic E-state index is 0.110. The van der Waals surface area contributed by atoms with E-state index in [-0.39, 0.29) is 11.8 Å². The molecule has 3 nitrogen and oxygen atoms in total. The molecule has 1 fully saturated rings. The quantitative estimate of drug-likeness (QED) is 0.809. The molecule has 3 rings (SSSR count). The zero-order valence-electron chi connectivity index (χ0n) is 14.8. The molecule has 1 saturated heterocycles. The van der Waals surface area contributed by atoms with Crippen molar-refractivity contribution in [3.8, 4) is 0 Å². The van der Waals surface area contributed by atoms with Crippen molar-refractivity contribution >= 4 is 5.91 Å². The molecular weight excluding hydrogens is 308 g/mol. The fourth-order valence-corrected chi connectivity index (χ4v) is 3.64. The van der Waals surface area contributed by atoms with Gasteiger partial charge in [0.2, 0.25) is 5.91 Å². The number of benzene rings is 2. The minimum Gasteiger partial charge on any atom is -0.356 e. The summed E-state index contributed by atoms with van der Waals surface area (Å²) in [5.74, 6) is 0.952. The number of hydrogen-bond acceptors (Lipinski definition) is 2. The molecule has 0 saturated carbocycles. The first-order chi connectivity index (χ1) is 12.3. The monoisotopic (exact) mass is 336 g/mol. The Hall–Kier alpha value is -2.13. The fourth-order valence-electron chi connectivity index (χ4n) is 3.64.